The first-order valence-electron chi connectivity index (χ1n) is 7.37. The molecule has 0 bridgehead atoms. The Morgan fingerprint density at radius 3 is 2.89 bits per heavy atom. The molecule has 0 aliphatic carbocycles. The summed E-state index contributed by atoms with van der Waals surface area (Å²) < 4.78 is 5.91. The molecule has 1 aromatic rings. The van der Waals surface area contributed by atoms with E-state index in [1.807, 2.05) is 11.8 Å². The molecule has 2 unspecified atom stereocenters. The highest BCUT2D eigenvalue weighted by Crippen LogP contribution is 2.18. The summed E-state index contributed by atoms with van der Waals surface area (Å²) in [4.78, 5) is 0. The van der Waals surface area contributed by atoms with Crippen LogP contribution in [0.25, 0.3) is 0 Å². The molecule has 2 rings (SSSR count). The molecule has 3 heteroatoms. The Balaban J connectivity index is 1.76. The predicted molar refractivity (Wildman–Crippen MR) is 83.9 cm³/mol. The Labute approximate surface area is 121 Å². The van der Waals surface area contributed by atoms with Crippen molar-refractivity contribution in [2.75, 3.05) is 24.7 Å². The largest absolute Gasteiger partial charge is 0.375 e. The molecule has 2 atom stereocenters. The summed E-state index contributed by atoms with van der Waals surface area (Å²) in [6, 6.07) is 11.3. The van der Waals surface area contributed by atoms with Crippen molar-refractivity contribution in [1.29, 1.82) is 0 Å². The van der Waals surface area contributed by atoms with Crippen molar-refractivity contribution in [2.24, 2.45) is 0 Å². The van der Waals surface area contributed by atoms with Crippen LogP contribution >= 0.6 is 11.8 Å². The van der Waals surface area contributed by atoms with Crippen LogP contribution in [-0.2, 0) is 11.2 Å². The molecule has 0 saturated carbocycles. The van der Waals surface area contributed by atoms with E-state index < -0.39 is 0 Å². The summed E-state index contributed by atoms with van der Waals surface area (Å²) in [5.74, 6) is 2.29. The number of nitrogens with one attached hydrogen (secondary N) is 1. The molecule has 1 aromatic carbocycles. The lowest BCUT2D eigenvalue weighted by molar-refractivity contribution is 0.0447. The van der Waals surface area contributed by atoms with Gasteiger partial charge in [0.25, 0.3) is 0 Å². The molecule has 0 amide bonds. The lowest BCUT2D eigenvalue weighted by Gasteiger charge is -2.30. The van der Waals surface area contributed by atoms with Gasteiger partial charge < -0.3 is 10.1 Å². The van der Waals surface area contributed by atoms with E-state index in [0.29, 0.717) is 12.1 Å². The third kappa shape index (κ3) is 5.17. The highest BCUT2D eigenvalue weighted by atomic mass is 32.2. The molecule has 1 heterocycles. The van der Waals surface area contributed by atoms with Crippen LogP contribution in [0.3, 0.4) is 0 Å². The fourth-order valence-electron chi connectivity index (χ4n) is 2.59. The number of thioether (sulfide) groups is 1. The molecular formula is C16H25NOS. The summed E-state index contributed by atoms with van der Waals surface area (Å²) in [5.41, 5.74) is 1.44. The number of hydrogen-bond acceptors (Lipinski definition) is 3. The molecular weight excluding hydrogens is 254 g/mol. The molecule has 0 aromatic heterocycles. The summed E-state index contributed by atoms with van der Waals surface area (Å²) in [7, 11) is 0. The number of benzene rings is 1. The lowest BCUT2D eigenvalue weighted by atomic mass is 10.0. The maximum absolute atomic E-state index is 5.91. The number of rotatable bonds is 7. The first kappa shape index (κ1) is 14.9. The van der Waals surface area contributed by atoms with Gasteiger partial charge in [-0.1, -0.05) is 37.3 Å². The van der Waals surface area contributed by atoms with Crippen LogP contribution in [-0.4, -0.2) is 36.8 Å². The molecule has 1 N–H and O–H groups in total. The Morgan fingerprint density at radius 2 is 2.21 bits per heavy atom. The predicted octanol–water partition coefficient (Wildman–Crippen LogP) is 3.12. The van der Waals surface area contributed by atoms with Crippen LogP contribution in [0.1, 0.15) is 25.3 Å². The molecule has 106 valence electrons. The van der Waals surface area contributed by atoms with E-state index in [-0.39, 0.29) is 0 Å². The van der Waals surface area contributed by atoms with Crippen LogP contribution in [0.2, 0.25) is 0 Å². The van der Waals surface area contributed by atoms with Crippen molar-refractivity contribution in [3.05, 3.63) is 35.9 Å². The smallest absolute Gasteiger partial charge is 0.0818 e. The van der Waals surface area contributed by atoms with E-state index in [4.69, 9.17) is 4.74 Å². The van der Waals surface area contributed by atoms with Crippen molar-refractivity contribution >= 4 is 11.8 Å². The SMILES string of the molecule is CCNC(CCCc1ccccc1)C1CSCCO1. The van der Waals surface area contributed by atoms with Crippen molar-refractivity contribution < 1.29 is 4.74 Å². The maximum atomic E-state index is 5.91. The van der Waals surface area contributed by atoms with Gasteiger partial charge in [-0.15, -0.1) is 0 Å². The molecule has 1 aliphatic rings. The van der Waals surface area contributed by atoms with Gasteiger partial charge in [0.15, 0.2) is 0 Å². The molecule has 19 heavy (non-hydrogen) atoms. The van der Waals surface area contributed by atoms with E-state index in [9.17, 15) is 0 Å². The van der Waals surface area contributed by atoms with Gasteiger partial charge in [0.05, 0.1) is 12.7 Å². The average molecular weight is 279 g/mol. The Hall–Kier alpha value is -0.510. The zero-order valence-corrected chi connectivity index (χ0v) is 12.6. The highest BCUT2D eigenvalue weighted by Gasteiger charge is 2.23. The topological polar surface area (TPSA) is 21.3 Å². The summed E-state index contributed by atoms with van der Waals surface area (Å²) in [6.07, 6.45) is 4.00. The number of likely N-dealkylation sites (N-methyl/N-ethyl adjacent to an activating group) is 1. The minimum Gasteiger partial charge on any atom is -0.375 e. The Morgan fingerprint density at radius 1 is 1.37 bits per heavy atom. The second-order valence-electron chi connectivity index (χ2n) is 5.03. The van der Waals surface area contributed by atoms with E-state index in [2.05, 4.69) is 42.6 Å². The second-order valence-corrected chi connectivity index (χ2v) is 6.18. The van der Waals surface area contributed by atoms with Crippen LogP contribution < -0.4 is 5.32 Å². The van der Waals surface area contributed by atoms with Gasteiger partial charge in [-0.3, -0.25) is 0 Å². The zero-order chi connectivity index (χ0) is 13.3. The van der Waals surface area contributed by atoms with Crippen LogP contribution in [0.15, 0.2) is 30.3 Å². The van der Waals surface area contributed by atoms with Crippen molar-refractivity contribution in [2.45, 2.75) is 38.3 Å². The minimum atomic E-state index is 0.398. The lowest BCUT2D eigenvalue weighted by Crippen LogP contribution is -2.44. The standard InChI is InChI=1S/C16H25NOS/c1-2-17-15(16-13-19-12-11-18-16)10-6-9-14-7-4-3-5-8-14/h3-5,7-8,15-17H,2,6,9-13H2,1H3. The molecule has 1 aliphatic heterocycles. The Kier molecular flexibility index (Phi) is 6.75. The van der Waals surface area contributed by atoms with Crippen LogP contribution in [0.5, 0.6) is 0 Å². The monoisotopic (exact) mass is 279 g/mol. The molecule has 2 nitrogen and oxygen atoms in total. The average Bonchev–Trinajstić information content (AvgIpc) is 2.48. The molecule has 1 fully saturated rings. The van der Waals surface area contributed by atoms with E-state index >= 15 is 0 Å². The van der Waals surface area contributed by atoms with E-state index in [0.717, 1.165) is 24.7 Å². The molecule has 1 saturated heterocycles. The second kappa shape index (κ2) is 8.62. The van der Waals surface area contributed by atoms with Crippen molar-refractivity contribution in [3.63, 3.8) is 0 Å². The summed E-state index contributed by atoms with van der Waals surface area (Å²) >= 11 is 2.02. The highest BCUT2D eigenvalue weighted by molar-refractivity contribution is 7.99. The van der Waals surface area contributed by atoms with Gasteiger partial charge in [-0.2, -0.15) is 11.8 Å². The summed E-state index contributed by atoms with van der Waals surface area (Å²) in [5, 5.41) is 3.60. The normalized spacial score (nSPS) is 21.2. The minimum absolute atomic E-state index is 0.398. The fraction of sp³-hybridized carbons (Fsp3) is 0.625. The number of aryl methyl sites for hydroxylation is 1. The fourth-order valence-corrected chi connectivity index (χ4v) is 3.53. The van der Waals surface area contributed by atoms with E-state index in [1.54, 1.807) is 0 Å². The quantitative estimate of drug-likeness (QED) is 0.828. The van der Waals surface area contributed by atoms with Gasteiger partial charge in [0.2, 0.25) is 0 Å². The third-order valence-corrected chi connectivity index (χ3v) is 4.60. The van der Waals surface area contributed by atoms with Crippen molar-refractivity contribution in [1.82, 2.24) is 5.32 Å². The molecule has 0 radical (unpaired) electrons. The van der Waals surface area contributed by atoms with Gasteiger partial charge in [0, 0.05) is 17.5 Å². The molecule has 0 spiro atoms. The summed E-state index contributed by atoms with van der Waals surface area (Å²) in [6.45, 7) is 4.12. The maximum Gasteiger partial charge on any atom is 0.0818 e. The van der Waals surface area contributed by atoms with Crippen LogP contribution in [0, 0.1) is 0 Å². The van der Waals surface area contributed by atoms with Crippen molar-refractivity contribution in [3.8, 4) is 0 Å². The van der Waals surface area contributed by atoms with Gasteiger partial charge in [-0.05, 0) is 31.4 Å². The van der Waals surface area contributed by atoms with Gasteiger partial charge in [-0.25, -0.2) is 0 Å². The van der Waals surface area contributed by atoms with E-state index in [1.165, 1.54) is 24.8 Å². The van der Waals surface area contributed by atoms with Crippen LogP contribution in [0.4, 0.5) is 0 Å². The first-order chi connectivity index (χ1) is 9.40. The Bertz CT molecular complexity index is 338. The van der Waals surface area contributed by atoms with Gasteiger partial charge in [0.1, 0.15) is 0 Å². The van der Waals surface area contributed by atoms with Gasteiger partial charge >= 0.3 is 0 Å². The number of hydrogen-bond donors (Lipinski definition) is 1. The zero-order valence-electron chi connectivity index (χ0n) is 11.8. The first-order valence-corrected chi connectivity index (χ1v) is 8.52. The number of ether oxygens (including phenoxy) is 1. The third-order valence-electron chi connectivity index (χ3n) is 3.58.